The number of nitriles is 1. The highest BCUT2D eigenvalue weighted by Crippen LogP contribution is 2.38. The summed E-state index contributed by atoms with van der Waals surface area (Å²) in [6, 6.07) is 10.2. The second-order valence-corrected chi connectivity index (χ2v) is 5.85. The highest BCUT2D eigenvalue weighted by atomic mass is 19.1. The van der Waals surface area contributed by atoms with Crippen molar-refractivity contribution in [3.05, 3.63) is 54.1 Å². The molecule has 4 rings (SSSR count). The number of hydrogen-bond donors (Lipinski definition) is 1. The van der Waals surface area contributed by atoms with Crippen LogP contribution in [-0.2, 0) is 7.05 Å². The van der Waals surface area contributed by atoms with Crippen molar-refractivity contribution in [3.63, 3.8) is 0 Å². The van der Waals surface area contributed by atoms with Gasteiger partial charge < -0.3 is 4.74 Å². The smallest absolute Gasteiger partial charge is 0.134 e. The van der Waals surface area contributed by atoms with Crippen molar-refractivity contribution in [2.75, 3.05) is 7.11 Å². The van der Waals surface area contributed by atoms with Gasteiger partial charge in [0.15, 0.2) is 0 Å². The summed E-state index contributed by atoms with van der Waals surface area (Å²) in [5.41, 5.74) is 3.26. The summed E-state index contributed by atoms with van der Waals surface area (Å²) in [7, 11) is 3.30. The van der Waals surface area contributed by atoms with Crippen molar-refractivity contribution in [1.29, 1.82) is 5.26 Å². The highest BCUT2D eigenvalue weighted by molar-refractivity contribution is 5.97. The number of fused-ring (bicyclic) bond motifs is 1. The van der Waals surface area contributed by atoms with Crippen LogP contribution in [0.25, 0.3) is 33.3 Å². The zero-order valence-electron chi connectivity index (χ0n) is 14.1. The maximum atomic E-state index is 14.6. The van der Waals surface area contributed by atoms with Crippen LogP contribution in [0, 0.1) is 17.1 Å². The molecule has 0 spiro atoms. The maximum absolute atomic E-state index is 14.6. The lowest BCUT2D eigenvalue weighted by molar-refractivity contribution is 0.413. The Hall–Kier alpha value is -3.66. The summed E-state index contributed by atoms with van der Waals surface area (Å²) in [6.45, 7) is 0. The number of benzene rings is 2. The van der Waals surface area contributed by atoms with Gasteiger partial charge in [0, 0.05) is 29.8 Å². The van der Waals surface area contributed by atoms with E-state index in [1.807, 2.05) is 13.2 Å². The maximum Gasteiger partial charge on any atom is 0.134 e. The molecule has 0 aliphatic rings. The standard InChI is InChI=1S/C19H14FN5O/c1-25-10-12(9-22-25)19-14-7-13(11(8-21)6-16(14)23-24-19)18-15(20)4-3-5-17(18)26-2/h3-7,9-10H,1-2H3,(H,23,24). The van der Waals surface area contributed by atoms with Gasteiger partial charge in [0.25, 0.3) is 0 Å². The lowest BCUT2D eigenvalue weighted by Crippen LogP contribution is -1.94. The van der Waals surface area contributed by atoms with E-state index in [1.54, 1.807) is 35.1 Å². The molecule has 0 amide bonds. The molecule has 0 aliphatic heterocycles. The van der Waals surface area contributed by atoms with Crippen LogP contribution in [-0.4, -0.2) is 27.1 Å². The molecular weight excluding hydrogens is 333 g/mol. The molecule has 1 N–H and O–H groups in total. The molecule has 0 saturated carbocycles. The minimum atomic E-state index is -0.452. The molecule has 0 bridgehead atoms. The Morgan fingerprint density at radius 1 is 1.31 bits per heavy atom. The Bertz CT molecular complexity index is 1170. The van der Waals surface area contributed by atoms with Crippen LogP contribution in [0.1, 0.15) is 5.56 Å². The van der Waals surface area contributed by atoms with Crippen LogP contribution in [0.5, 0.6) is 5.75 Å². The minimum Gasteiger partial charge on any atom is -0.496 e. The fourth-order valence-corrected chi connectivity index (χ4v) is 3.06. The Labute approximate surface area is 148 Å². The van der Waals surface area contributed by atoms with Crippen molar-refractivity contribution in [1.82, 2.24) is 20.0 Å². The van der Waals surface area contributed by atoms with Crippen LogP contribution in [0.15, 0.2) is 42.7 Å². The fraction of sp³-hybridized carbons (Fsp3) is 0.105. The molecule has 128 valence electrons. The lowest BCUT2D eigenvalue weighted by atomic mass is 9.96. The van der Waals surface area contributed by atoms with Gasteiger partial charge in [0.1, 0.15) is 17.3 Å². The number of hydrogen-bond acceptors (Lipinski definition) is 4. The molecular formula is C19H14FN5O. The number of halogens is 1. The van der Waals surface area contributed by atoms with Gasteiger partial charge in [0.05, 0.1) is 36.0 Å². The monoisotopic (exact) mass is 347 g/mol. The van der Waals surface area contributed by atoms with Crippen LogP contribution in [0.2, 0.25) is 0 Å². The van der Waals surface area contributed by atoms with E-state index >= 15 is 0 Å². The van der Waals surface area contributed by atoms with Crippen LogP contribution in [0.4, 0.5) is 4.39 Å². The van der Waals surface area contributed by atoms with E-state index in [-0.39, 0.29) is 5.56 Å². The van der Waals surface area contributed by atoms with E-state index in [1.165, 1.54) is 13.2 Å². The van der Waals surface area contributed by atoms with Gasteiger partial charge in [-0.3, -0.25) is 9.78 Å². The molecule has 0 unspecified atom stereocenters. The number of aryl methyl sites for hydroxylation is 1. The zero-order chi connectivity index (χ0) is 18.3. The fourth-order valence-electron chi connectivity index (χ4n) is 3.06. The number of H-pyrrole nitrogens is 1. The van der Waals surface area contributed by atoms with E-state index in [4.69, 9.17) is 4.74 Å². The van der Waals surface area contributed by atoms with Crippen molar-refractivity contribution >= 4 is 10.9 Å². The summed E-state index contributed by atoms with van der Waals surface area (Å²) in [5.74, 6) is -0.0844. The van der Waals surface area contributed by atoms with Crippen LogP contribution in [0.3, 0.4) is 0 Å². The number of ether oxygens (including phenoxy) is 1. The SMILES string of the molecule is COc1cccc(F)c1-c1cc2c(-c3cnn(C)c3)n[nH]c2cc1C#N. The number of rotatable bonds is 3. The molecule has 4 aromatic rings. The molecule has 2 aromatic heterocycles. The molecule has 0 saturated heterocycles. The Morgan fingerprint density at radius 3 is 2.85 bits per heavy atom. The molecule has 0 aliphatic carbocycles. The number of nitrogens with one attached hydrogen (secondary N) is 1. The summed E-state index contributed by atoms with van der Waals surface area (Å²) in [6.07, 6.45) is 3.55. The predicted octanol–water partition coefficient (Wildman–Crippen LogP) is 3.65. The van der Waals surface area contributed by atoms with E-state index in [9.17, 15) is 9.65 Å². The number of aromatic nitrogens is 4. The van der Waals surface area contributed by atoms with Gasteiger partial charge in [-0.2, -0.15) is 15.5 Å². The number of aromatic amines is 1. The van der Waals surface area contributed by atoms with Crippen molar-refractivity contribution in [2.24, 2.45) is 7.05 Å². The Balaban J connectivity index is 2.03. The second-order valence-electron chi connectivity index (χ2n) is 5.85. The third-order valence-corrected chi connectivity index (χ3v) is 4.26. The van der Waals surface area contributed by atoms with Crippen LogP contribution < -0.4 is 4.74 Å². The summed E-state index contributed by atoms with van der Waals surface area (Å²) in [5, 5.41) is 21.8. The molecule has 2 heterocycles. The highest BCUT2D eigenvalue weighted by Gasteiger charge is 2.19. The van der Waals surface area contributed by atoms with E-state index < -0.39 is 5.82 Å². The Morgan fingerprint density at radius 2 is 2.15 bits per heavy atom. The van der Waals surface area contributed by atoms with E-state index in [0.29, 0.717) is 28.1 Å². The summed E-state index contributed by atoms with van der Waals surface area (Å²) >= 11 is 0. The van der Waals surface area contributed by atoms with Gasteiger partial charge in [0.2, 0.25) is 0 Å². The molecule has 0 fully saturated rings. The van der Waals surface area contributed by atoms with E-state index in [0.717, 1.165) is 10.9 Å². The molecule has 7 heteroatoms. The first-order valence-electron chi connectivity index (χ1n) is 7.86. The normalized spacial score (nSPS) is 10.8. The average molecular weight is 347 g/mol. The van der Waals surface area contributed by atoms with Gasteiger partial charge >= 0.3 is 0 Å². The topological polar surface area (TPSA) is 79.5 Å². The van der Waals surface area contributed by atoms with Crippen LogP contribution >= 0.6 is 0 Å². The Kier molecular flexibility index (Phi) is 3.66. The first kappa shape index (κ1) is 15.8. The predicted molar refractivity (Wildman–Crippen MR) is 95.0 cm³/mol. The van der Waals surface area contributed by atoms with Crippen molar-refractivity contribution in [3.8, 4) is 34.2 Å². The second kappa shape index (κ2) is 6.01. The van der Waals surface area contributed by atoms with Gasteiger partial charge in [-0.05, 0) is 24.3 Å². The molecule has 0 atom stereocenters. The van der Waals surface area contributed by atoms with Gasteiger partial charge in [-0.25, -0.2) is 4.39 Å². The largest absolute Gasteiger partial charge is 0.496 e. The first-order chi connectivity index (χ1) is 12.6. The van der Waals surface area contributed by atoms with E-state index in [2.05, 4.69) is 21.4 Å². The quantitative estimate of drug-likeness (QED) is 0.613. The third kappa shape index (κ3) is 2.40. The number of nitrogens with zero attached hydrogens (tertiary/aromatic N) is 4. The first-order valence-corrected chi connectivity index (χ1v) is 7.86. The number of methoxy groups -OCH3 is 1. The average Bonchev–Trinajstić information content (AvgIpc) is 3.25. The summed E-state index contributed by atoms with van der Waals surface area (Å²) in [4.78, 5) is 0. The molecule has 2 aromatic carbocycles. The molecule has 6 nitrogen and oxygen atoms in total. The van der Waals surface area contributed by atoms with Crippen molar-refractivity contribution < 1.29 is 9.13 Å². The molecule has 0 radical (unpaired) electrons. The summed E-state index contributed by atoms with van der Waals surface area (Å²) < 4.78 is 21.6. The van der Waals surface area contributed by atoms with Gasteiger partial charge in [-0.1, -0.05) is 6.07 Å². The van der Waals surface area contributed by atoms with Gasteiger partial charge in [-0.15, -0.1) is 0 Å². The third-order valence-electron chi connectivity index (χ3n) is 4.26. The zero-order valence-corrected chi connectivity index (χ0v) is 14.1. The van der Waals surface area contributed by atoms with Crippen molar-refractivity contribution in [2.45, 2.75) is 0 Å². The molecule has 26 heavy (non-hydrogen) atoms. The minimum absolute atomic E-state index is 0.256. The lowest BCUT2D eigenvalue weighted by Gasteiger charge is -2.11.